The molecule has 1 aromatic heterocycles. The van der Waals surface area contributed by atoms with Gasteiger partial charge < -0.3 is 19.9 Å². The average Bonchev–Trinajstić information content (AvgIpc) is 3.31. The molecule has 2 aromatic carbocycles. The number of aliphatic hydroxyl groups excluding tert-OH is 1. The summed E-state index contributed by atoms with van der Waals surface area (Å²) in [6, 6.07) is 14.7. The summed E-state index contributed by atoms with van der Waals surface area (Å²) in [4.78, 5) is 12.5. The lowest BCUT2D eigenvalue weighted by atomic mass is 9.96. The Morgan fingerprint density at radius 1 is 1.15 bits per heavy atom. The minimum atomic E-state index is -0.175. The maximum absolute atomic E-state index is 12.5. The molecule has 0 unspecified atom stereocenters. The van der Waals surface area contributed by atoms with Crippen molar-refractivity contribution in [2.75, 3.05) is 26.1 Å². The van der Waals surface area contributed by atoms with Crippen LogP contribution in [0.5, 0.6) is 5.75 Å². The summed E-state index contributed by atoms with van der Waals surface area (Å²) in [5.41, 5.74) is 3.11. The van der Waals surface area contributed by atoms with Gasteiger partial charge in [0.25, 0.3) is 5.91 Å². The Morgan fingerprint density at radius 2 is 1.88 bits per heavy atom. The smallest absolute Gasteiger partial charge is 0.255 e. The van der Waals surface area contributed by atoms with Crippen LogP contribution in [0.4, 0.5) is 5.69 Å². The molecule has 0 aliphatic rings. The number of allylic oxidation sites excluding steroid dienone is 1. The van der Waals surface area contributed by atoms with Crippen LogP contribution in [0.1, 0.15) is 41.1 Å². The lowest BCUT2D eigenvalue weighted by Crippen LogP contribution is -2.13. The number of anilines is 1. The number of nitrogens with one attached hydrogen (secondary N) is 1. The van der Waals surface area contributed by atoms with Crippen molar-refractivity contribution >= 4 is 11.6 Å². The van der Waals surface area contributed by atoms with Crippen molar-refractivity contribution in [3.8, 4) is 5.75 Å². The van der Waals surface area contributed by atoms with Gasteiger partial charge >= 0.3 is 0 Å². The van der Waals surface area contributed by atoms with Crippen molar-refractivity contribution < 1.29 is 19.4 Å². The zero-order valence-electron chi connectivity index (χ0n) is 19.8. The van der Waals surface area contributed by atoms with E-state index < -0.39 is 0 Å². The fourth-order valence-electron chi connectivity index (χ4n) is 3.65. The van der Waals surface area contributed by atoms with Crippen molar-refractivity contribution in [3.63, 3.8) is 0 Å². The van der Waals surface area contributed by atoms with Gasteiger partial charge in [0.05, 0.1) is 18.9 Å². The minimum Gasteiger partial charge on any atom is -0.497 e. The summed E-state index contributed by atoms with van der Waals surface area (Å²) in [6.45, 7) is 2.91. The third kappa shape index (κ3) is 7.00. The number of hydrogen-bond donors (Lipinski definition) is 2. The van der Waals surface area contributed by atoms with E-state index in [0.717, 1.165) is 29.9 Å². The number of hydrogen-bond acceptors (Lipinski definition) is 6. The fraction of sp³-hybridized carbons (Fsp3) is 0.346. The second-order valence-corrected chi connectivity index (χ2v) is 7.98. The van der Waals surface area contributed by atoms with Gasteiger partial charge in [-0.2, -0.15) is 0 Å². The SMILES string of the molecule is COc1ccc(C(=O)Nc2ccc([C@@H](OC)[C@H](C)/C=C/CCn3cc(CCO)nn3)cc2)cc1. The number of carbonyl (C=O) groups is 1. The highest BCUT2D eigenvalue weighted by atomic mass is 16.5. The first-order valence-electron chi connectivity index (χ1n) is 11.3. The summed E-state index contributed by atoms with van der Waals surface area (Å²) in [7, 11) is 3.29. The number of rotatable bonds is 12. The molecular formula is C26H32N4O4. The highest BCUT2D eigenvalue weighted by Crippen LogP contribution is 2.28. The van der Waals surface area contributed by atoms with E-state index >= 15 is 0 Å². The lowest BCUT2D eigenvalue weighted by molar-refractivity contribution is 0.0741. The molecule has 0 saturated heterocycles. The van der Waals surface area contributed by atoms with Crippen LogP contribution in [0, 0.1) is 5.92 Å². The first-order chi connectivity index (χ1) is 16.5. The van der Waals surface area contributed by atoms with E-state index in [2.05, 4.69) is 34.7 Å². The second kappa shape index (κ2) is 12.7. The molecular weight excluding hydrogens is 432 g/mol. The van der Waals surface area contributed by atoms with Crippen molar-refractivity contribution in [2.24, 2.45) is 5.92 Å². The summed E-state index contributed by atoms with van der Waals surface area (Å²) >= 11 is 0. The van der Waals surface area contributed by atoms with E-state index in [1.807, 2.05) is 30.5 Å². The van der Waals surface area contributed by atoms with Gasteiger partial charge in [0.2, 0.25) is 0 Å². The fourth-order valence-corrected chi connectivity index (χ4v) is 3.65. The monoisotopic (exact) mass is 464 g/mol. The molecule has 2 atom stereocenters. The van der Waals surface area contributed by atoms with Crippen molar-refractivity contribution in [1.82, 2.24) is 15.0 Å². The molecule has 1 amide bonds. The largest absolute Gasteiger partial charge is 0.497 e. The van der Waals surface area contributed by atoms with Gasteiger partial charge in [-0.1, -0.05) is 36.4 Å². The predicted molar refractivity (Wildman–Crippen MR) is 131 cm³/mol. The number of aryl methyl sites for hydroxylation is 1. The van der Waals surface area contributed by atoms with Crippen LogP contribution in [-0.2, 0) is 17.7 Å². The molecule has 0 fully saturated rings. The number of nitrogens with zero attached hydrogens (tertiary/aromatic N) is 3. The Hall–Kier alpha value is -3.49. The zero-order valence-corrected chi connectivity index (χ0v) is 19.8. The number of amides is 1. The Morgan fingerprint density at radius 3 is 2.53 bits per heavy atom. The van der Waals surface area contributed by atoms with Crippen molar-refractivity contribution in [3.05, 3.63) is 83.7 Å². The van der Waals surface area contributed by atoms with Crippen LogP contribution in [-0.4, -0.2) is 46.8 Å². The molecule has 0 saturated carbocycles. The number of aliphatic hydroxyl groups is 1. The van der Waals surface area contributed by atoms with Gasteiger partial charge in [-0.25, -0.2) is 0 Å². The number of ether oxygens (including phenoxy) is 2. The Balaban J connectivity index is 1.53. The van der Waals surface area contributed by atoms with Gasteiger partial charge in [-0.05, 0) is 48.4 Å². The van der Waals surface area contributed by atoms with E-state index in [4.69, 9.17) is 14.6 Å². The third-order valence-electron chi connectivity index (χ3n) is 5.50. The summed E-state index contributed by atoms with van der Waals surface area (Å²) in [5, 5.41) is 20.0. The van der Waals surface area contributed by atoms with Gasteiger partial charge in [-0.15, -0.1) is 5.10 Å². The van der Waals surface area contributed by atoms with Crippen LogP contribution < -0.4 is 10.1 Å². The summed E-state index contributed by atoms with van der Waals surface area (Å²) < 4.78 is 12.7. The number of benzene rings is 2. The topological polar surface area (TPSA) is 98.5 Å². The second-order valence-electron chi connectivity index (χ2n) is 7.98. The highest BCUT2D eigenvalue weighted by Gasteiger charge is 2.17. The molecule has 8 nitrogen and oxygen atoms in total. The van der Waals surface area contributed by atoms with E-state index in [0.29, 0.717) is 17.7 Å². The maximum atomic E-state index is 12.5. The first kappa shape index (κ1) is 25.1. The molecule has 2 N–H and O–H groups in total. The van der Waals surface area contributed by atoms with Gasteiger partial charge in [-0.3, -0.25) is 9.48 Å². The quantitative estimate of drug-likeness (QED) is 0.393. The molecule has 0 spiro atoms. The number of methoxy groups -OCH3 is 2. The van der Waals surface area contributed by atoms with Crippen LogP contribution in [0.3, 0.4) is 0 Å². The summed E-state index contributed by atoms with van der Waals surface area (Å²) in [6.07, 6.45) is 7.35. The minimum absolute atomic E-state index is 0.0739. The third-order valence-corrected chi connectivity index (χ3v) is 5.50. The predicted octanol–water partition coefficient (Wildman–Crippen LogP) is 4.04. The number of carbonyl (C=O) groups excluding carboxylic acids is 1. The van der Waals surface area contributed by atoms with Gasteiger partial charge in [0, 0.05) is 50.0 Å². The van der Waals surface area contributed by atoms with E-state index in [9.17, 15) is 4.79 Å². The highest BCUT2D eigenvalue weighted by molar-refractivity contribution is 6.04. The molecule has 34 heavy (non-hydrogen) atoms. The molecule has 3 aromatic rings. The molecule has 180 valence electrons. The van der Waals surface area contributed by atoms with Crippen LogP contribution in [0.15, 0.2) is 66.9 Å². The van der Waals surface area contributed by atoms with Gasteiger partial charge in [0.15, 0.2) is 0 Å². The Kier molecular flexibility index (Phi) is 9.37. The Bertz CT molecular complexity index is 1060. The van der Waals surface area contributed by atoms with Crippen LogP contribution in [0.2, 0.25) is 0 Å². The van der Waals surface area contributed by atoms with Crippen LogP contribution in [0.25, 0.3) is 0 Å². The van der Waals surface area contributed by atoms with Crippen LogP contribution >= 0.6 is 0 Å². The van der Waals surface area contributed by atoms with E-state index in [1.165, 1.54) is 0 Å². The normalized spacial score (nSPS) is 13.1. The van der Waals surface area contributed by atoms with E-state index in [-0.39, 0.29) is 24.5 Å². The average molecular weight is 465 g/mol. The summed E-state index contributed by atoms with van der Waals surface area (Å²) in [5.74, 6) is 0.691. The molecule has 1 heterocycles. The molecule has 0 radical (unpaired) electrons. The molecule has 0 aliphatic carbocycles. The lowest BCUT2D eigenvalue weighted by Gasteiger charge is -2.21. The molecule has 0 aliphatic heterocycles. The molecule has 3 rings (SSSR count). The first-order valence-corrected chi connectivity index (χ1v) is 11.3. The van der Waals surface area contributed by atoms with Gasteiger partial charge in [0.1, 0.15) is 5.75 Å². The molecule has 0 bridgehead atoms. The molecule has 8 heteroatoms. The zero-order chi connectivity index (χ0) is 24.3. The standard InChI is InChI=1S/C26H32N4O4/c1-19(6-4-5-16-30-18-23(15-17-31)28-29-30)25(34-3)20-7-11-22(12-8-20)27-26(32)21-9-13-24(33-2)14-10-21/h4,6-14,18-19,25,31H,5,15-17H2,1-3H3,(H,27,32)/b6-4+/t19-,25+/m1/s1. The van der Waals surface area contributed by atoms with E-state index in [1.54, 1.807) is 43.2 Å². The van der Waals surface area contributed by atoms with Crippen molar-refractivity contribution in [1.29, 1.82) is 0 Å². The Labute approximate surface area is 200 Å². The number of aromatic nitrogens is 3. The maximum Gasteiger partial charge on any atom is 0.255 e. The van der Waals surface area contributed by atoms with Crippen molar-refractivity contribution in [2.45, 2.75) is 32.4 Å².